The second kappa shape index (κ2) is 5.73. The fraction of sp³-hybridized carbons (Fsp3) is 0.462. The van der Waals surface area contributed by atoms with E-state index in [4.69, 9.17) is 15.2 Å². The maximum atomic E-state index is 11.9. The topological polar surface area (TPSA) is 73.6 Å². The Kier molecular flexibility index (Phi) is 4.04. The van der Waals surface area contributed by atoms with Crippen LogP contribution in [-0.4, -0.2) is 31.7 Å². The van der Waals surface area contributed by atoms with Crippen LogP contribution in [0.25, 0.3) is 0 Å². The van der Waals surface area contributed by atoms with Crippen LogP contribution in [0.1, 0.15) is 23.7 Å². The number of hydrogen-bond acceptors (Lipinski definition) is 4. The fourth-order valence-corrected chi connectivity index (χ4v) is 1.70. The lowest BCUT2D eigenvalue weighted by atomic mass is 10.1. The lowest BCUT2D eigenvalue weighted by Crippen LogP contribution is -2.29. The molecule has 2 rings (SSSR count). The molecular formula is C13H18N2O3. The van der Waals surface area contributed by atoms with Gasteiger partial charge in [-0.3, -0.25) is 4.79 Å². The van der Waals surface area contributed by atoms with Crippen LogP contribution in [0.4, 0.5) is 0 Å². The molecule has 98 valence electrons. The number of hydrogen-bond donors (Lipinski definition) is 2. The zero-order chi connectivity index (χ0) is 13.0. The molecule has 0 aliphatic carbocycles. The molecule has 0 aromatic heterocycles. The summed E-state index contributed by atoms with van der Waals surface area (Å²) in [4.78, 5) is 11.9. The number of rotatable bonds is 4. The van der Waals surface area contributed by atoms with Gasteiger partial charge in [0.15, 0.2) is 11.5 Å². The van der Waals surface area contributed by atoms with Crippen LogP contribution >= 0.6 is 0 Å². The van der Waals surface area contributed by atoms with E-state index in [0.717, 1.165) is 6.42 Å². The molecule has 18 heavy (non-hydrogen) atoms. The van der Waals surface area contributed by atoms with E-state index in [1.807, 2.05) is 6.92 Å². The Labute approximate surface area is 106 Å². The van der Waals surface area contributed by atoms with Gasteiger partial charge in [-0.2, -0.15) is 0 Å². The van der Waals surface area contributed by atoms with Crippen molar-refractivity contribution in [2.75, 3.05) is 19.8 Å². The number of amides is 1. The Balaban J connectivity index is 1.98. The van der Waals surface area contributed by atoms with Gasteiger partial charge in [-0.25, -0.2) is 0 Å². The van der Waals surface area contributed by atoms with Crippen LogP contribution in [0.3, 0.4) is 0 Å². The third-order valence-corrected chi connectivity index (χ3v) is 2.69. The predicted molar refractivity (Wildman–Crippen MR) is 68.0 cm³/mol. The molecule has 1 aliphatic rings. The first-order valence-corrected chi connectivity index (χ1v) is 6.10. The van der Waals surface area contributed by atoms with E-state index in [2.05, 4.69) is 5.32 Å². The Morgan fingerprint density at radius 2 is 2.11 bits per heavy atom. The maximum absolute atomic E-state index is 11.9. The minimum absolute atomic E-state index is 0.0885. The number of nitrogens with two attached hydrogens (primary N) is 1. The SMILES string of the molecule is CC(N)CCNC(=O)c1ccc2c(c1)OCCO2. The fourth-order valence-electron chi connectivity index (χ4n) is 1.70. The summed E-state index contributed by atoms with van der Waals surface area (Å²) in [5, 5.41) is 2.82. The highest BCUT2D eigenvalue weighted by Gasteiger charge is 2.14. The van der Waals surface area contributed by atoms with Crippen LogP contribution in [0, 0.1) is 0 Å². The summed E-state index contributed by atoms with van der Waals surface area (Å²) in [6, 6.07) is 5.28. The molecule has 1 aromatic rings. The number of fused-ring (bicyclic) bond motifs is 1. The lowest BCUT2D eigenvalue weighted by molar-refractivity contribution is 0.0951. The highest BCUT2D eigenvalue weighted by molar-refractivity contribution is 5.94. The second-order valence-electron chi connectivity index (χ2n) is 4.38. The molecule has 0 radical (unpaired) electrons. The van der Waals surface area contributed by atoms with Crippen molar-refractivity contribution in [3.63, 3.8) is 0 Å². The van der Waals surface area contributed by atoms with Crippen molar-refractivity contribution >= 4 is 5.91 Å². The number of benzene rings is 1. The standard InChI is InChI=1S/C13H18N2O3/c1-9(14)4-5-15-13(16)10-2-3-11-12(8-10)18-7-6-17-11/h2-3,8-9H,4-7,14H2,1H3,(H,15,16). The van der Waals surface area contributed by atoms with Crippen LogP contribution in [-0.2, 0) is 0 Å². The monoisotopic (exact) mass is 250 g/mol. The van der Waals surface area contributed by atoms with Crippen LogP contribution < -0.4 is 20.5 Å². The molecule has 0 bridgehead atoms. The van der Waals surface area contributed by atoms with E-state index >= 15 is 0 Å². The van der Waals surface area contributed by atoms with Crippen molar-refractivity contribution < 1.29 is 14.3 Å². The predicted octanol–water partition coefficient (Wildman–Crippen LogP) is 0.925. The molecule has 0 saturated heterocycles. The highest BCUT2D eigenvalue weighted by atomic mass is 16.6. The van der Waals surface area contributed by atoms with E-state index in [0.29, 0.717) is 36.8 Å². The average Bonchev–Trinajstić information content (AvgIpc) is 2.37. The number of ether oxygens (including phenoxy) is 2. The van der Waals surface area contributed by atoms with E-state index in [-0.39, 0.29) is 11.9 Å². The van der Waals surface area contributed by atoms with Gasteiger partial charge in [0.25, 0.3) is 5.91 Å². The van der Waals surface area contributed by atoms with Crippen LogP contribution in [0.5, 0.6) is 11.5 Å². The third-order valence-electron chi connectivity index (χ3n) is 2.69. The molecule has 0 spiro atoms. The summed E-state index contributed by atoms with van der Waals surface area (Å²) in [6.45, 7) is 3.55. The second-order valence-corrected chi connectivity index (χ2v) is 4.38. The number of nitrogens with one attached hydrogen (secondary N) is 1. The molecule has 1 aliphatic heterocycles. The minimum atomic E-state index is -0.118. The molecule has 1 atom stereocenters. The summed E-state index contributed by atoms with van der Waals surface area (Å²) in [5.41, 5.74) is 6.19. The van der Waals surface area contributed by atoms with Crippen LogP contribution in [0.2, 0.25) is 0 Å². The molecule has 1 amide bonds. The van der Waals surface area contributed by atoms with Crippen LogP contribution in [0.15, 0.2) is 18.2 Å². The van der Waals surface area contributed by atoms with Crippen molar-refractivity contribution in [2.24, 2.45) is 5.73 Å². The van der Waals surface area contributed by atoms with Gasteiger partial charge in [0.1, 0.15) is 13.2 Å². The number of carbonyl (C=O) groups excluding carboxylic acids is 1. The first kappa shape index (κ1) is 12.7. The van der Waals surface area contributed by atoms with E-state index < -0.39 is 0 Å². The first-order chi connectivity index (χ1) is 8.66. The molecular weight excluding hydrogens is 232 g/mol. The van der Waals surface area contributed by atoms with Crippen molar-refractivity contribution in [1.29, 1.82) is 0 Å². The smallest absolute Gasteiger partial charge is 0.251 e. The molecule has 5 nitrogen and oxygen atoms in total. The normalized spacial score (nSPS) is 15.0. The molecule has 0 saturated carbocycles. The van der Waals surface area contributed by atoms with Gasteiger partial charge in [0.2, 0.25) is 0 Å². The lowest BCUT2D eigenvalue weighted by Gasteiger charge is -2.18. The zero-order valence-electron chi connectivity index (χ0n) is 10.4. The zero-order valence-corrected chi connectivity index (χ0v) is 10.4. The summed E-state index contributed by atoms with van der Waals surface area (Å²) < 4.78 is 10.8. The van der Waals surface area contributed by atoms with Gasteiger partial charge in [0, 0.05) is 18.2 Å². The Hall–Kier alpha value is -1.75. The highest BCUT2D eigenvalue weighted by Crippen LogP contribution is 2.30. The van der Waals surface area contributed by atoms with Crippen molar-refractivity contribution in [3.05, 3.63) is 23.8 Å². The van der Waals surface area contributed by atoms with Gasteiger partial charge in [-0.05, 0) is 31.5 Å². The molecule has 5 heteroatoms. The van der Waals surface area contributed by atoms with Gasteiger partial charge in [-0.15, -0.1) is 0 Å². The third kappa shape index (κ3) is 3.13. The molecule has 0 fully saturated rings. The Morgan fingerprint density at radius 1 is 1.39 bits per heavy atom. The summed E-state index contributed by atoms with van der Waals surface area (Å²) >= 11 is 0. The minimum Gasteiger partial charge on any atom is -0.486 e. The summed E-state index contributed by atoms with van der Waals surface area (Å²) in [6.07, 6.45) is 0.760. The van der Waals surface area contributed by atoms with E-state index in [1.54, 1.807) is 18.2 Å². The molecule has 1 heterocycles. The van der Waals surface area contributed by atoms with Gasteiger partial charge < -0.3 is 20.5 Å². The Morgan fingerprint density at radius 3 is 2.83 bits per heavy atom. The van der Waals surface area contributed by atoms with Crippen molar-refractivity contribution in [3.8, 4) is 11.5 Å². The van der Waals surface area contributed by atoms with E-state index in [9.17, 15) is 4.79 Å². The first-order valence-electron chi connectivity index (χ1n) is 6.10. The summed E-state index contributed by atoms with van der Waals surface area (Å²) in [7, 11) is 0. The Bertz CT molecular complexity index is 432. The van der Waals surface area contributed by atoms with Crippen molar-refractivity contribution in [2.45, 2.75) is 19.4 Å². The van der Waals surface area contributed by atoms with E-state index in [1.165, 1.54) is 0 Å². The van der Waals surface area contributed by atoms with Gasteiger partial charge >= 0.3 is 0 Å². The quantitative estimate of drug-likeness (QED) is 0.833. The average molecular weight is 250 g/mol. The van der Waals surface area contributed by atoms with Gasteiger partial charge in [0.05, 0.1) is 0 Å². The molecule has 1 unspecified atom stereocenters. The molecule has 3 N–H and O–H groups in total. The summed E-state index contributed by atoms with van der Waals surface area (Å²) in [5.74, 6) is 1.20. The van der Waals surface area contributed by atoms with Crippen molar-refractivity contribution in [1.82, 2.24) is 5.32 Å². The molecule has 1 aromatic carbocycles. The number of carbonyl (C=O) groups is 1. The maximum Gasteiger partial charge on any atom is 0.251 e. The van der Waals surface area contributed by atoms with Gasteiger partial charge in [-0.1, -0.05) is 0 Å². The largest absolute Gasteiger partial charge is 0.486 e.